The molecule has 0 radical (unpaired) electrons. The van der Waals surface area contributed by atoms with Crippen molar-refractivity contribution < 1.29 is 9.66 Å². The highest BCUT2D eigenvalue weighted by molar-refractivity contribution is 5.42. The summed E-state index contributed by atoms with van der Waals surface area (Å²) in [7, 11) is 1.53. The number of rotatable bonds is 5. The van der Waals surface area contributed by atoms with E-state index in [1.807, 2.05) is 6.07 Å². The molecule has 20 heavy (non-hydrogen) atoms. The number of nitrogens with one attached hydrogen (secondary N) is 1. The van der Waals surface area contributed by atoms with Gasteiger partial charge in [0.15, 0.2) is 0 Å². The van der Waals surface area contributed by atoms with Crippen LogP contribution in [0.3, 0.4) is 0 Å². The van der Waals surface area contributed by atoms with Crippen LogP contribution in [0.4, 0.5) is 5.69 Å². The molecule has 1 N–H and O–H groups in total. The molecule has 1 saturated carbocycles. The molecule has 5 nitrogen and oxygen atoms in total. The van der Waals surface area contributed by atoms with Crippen LogP contribution in [0.1, 0.15) is 44.1 Å². The second kappa shape index (κ2) is 7.24. The number of non-ortho nitro benzene ring substituents is 1. The number of methoxy groups -OCH3 is 1. The van der Waals surface area contributed by atoms with Crippen molar-refractivity contribution in [1.82, 2.24) is 5.32 Å². The summed E-state index contributed by atoms with van der Waals surface area (Å²) >= 11 is 0. The third kappa shape index (κ3) is 4.20. The number of nitro groups is 1. The van der Waals surface area contributed by atoms with Crippen LogP contribution in [-0.4, -0.2) is 18.1 Å². The Balaban J connectivity index is 2.00. The second-order valence-corrected chi connectivity index (χ2v) is 5.37. The molecule has 2 rings (SSSR count). The molecule has 0 bridgehead atoms. The van der Waals surface area contributed by atoms with Crippen LogP contribution in [0.2, 0.25) is 0 Å². The molecule has 1 fully saturated rings. The molecular formula is C15H22N2O3. The van der Waals surface area contributed by atoms with Gasteiger partial charge in [-0.15, -0.1) is 0 Å². The molecule has 0 amide bonds. The van der Waals surface area contributed by atoms with Crippen molar-refractivity contribution in [1.29, 1.82) is 0 Å². The summed E-state index contributed by atoms with van der Waals surface area (Å²) in [5.74, 6) is 0.539. The minimum absolute atomic E-state index is 0.0852. The largest absolute Gasteiger partial charge is 0.496 e. The van der Waals surface area contributed by atoms with E-state index in [1.165, 1.54) is 51.7 Å². The van der Waals surface area contributed by atoms with E-state index in [4.69, 9.17) is 4.74 Å². The van der Waals surface area contributed by atoms with Gasteiger partial charge in [-0.05, 0) is 24.5 Å². The van der Waals surface area contributed by atoms with E-state index in [0.29, 0.717) is 18.3 Å². The van der Waals surface area contributed by atoms with Crippen LogP contribution in [-0.2, 0) is 6.54 Å². The molecule has 1 aromatic rings. The monoisotopic (exact) mass is 278 g/mol. The van der Waals surface area contributed by atoms with Crippen LogP contribution in [0, 0.1) is 10.1 Å². The normalized spacial score (nSPS) is 16.6. The first-order chi connectivity index (χ1) is 9.69. The van der Waals surface area contributed by atoms with Crippen molar-refractivity contribution in [3.05, 3.63) is 33.9 Å². The summed E-state index contributed by atoms with van der Waals surface area (Å²) in [6.07, 6.45) is 7.59. The predicted molar refractivity (Wildman–Crippen MR) is 78.0 cm³/mol. The van der Waals surface area contributed by atoms with Crippen LogP contribution >= 0.6 is 0 Å². The molecule has 1 aliphatic carbocycles. The van der Waals surface area contributed by atoms with Crippen molar-refractivity contribution in [3.8, 4) is 5.75 Å². The maximum Gasteiger partial charge on any atom is 0.273 e. The first-order valence-corrected chi connectivity index (χ1v) is 7.25. The SMILES string of the molecule is COc1cc(CNC2CCCCCC2)cc([N+](=O)[O-])c1. The number of benzene rings is 1. The Labute approximate surface area is 119 Å². The van der Waals surface area contributed by atoms with Crippen molar-refractivity contribution >= 4 is 5.69 Å². The lowest BCUT2D eigenvalue weighted by Crippen LogP contribution is -2.27. The number of nitrogens with zero attached hydrogens (tertiary/aromatic N) is 1. The Morgan fingerprint density at radius 1 is 1.25 bits per heavy atom. The number of hydrogen-bond donors (Lipinski definition) is 1. The van der Waals surface area contributed by atoms with E-state index in [0.717, 1.165) is 5.56 Å². The molecule has 0 atom stereocenters. The molecule has 0 heterocycles. The average Bonchev–Trinajstić information content (AvgIpc) is 2.73. The van der Waals surface area contributed by atoms with Gasteiger partial charge in [-0.2, -0.15) is 0 Å². The molecule has 1 aliphatic rings. The van der Waals surface area contributed by atoms with E-state index in [2.05, 4.69) is 5.32 Å². The van der Waals surface area contributed by atoms with Crippen molar-refractivity contribution in [3.63, 3.8) is 0 Å². The van der Waals surface area contributed by atoms with Gasteiger partial charge in [0.05, 0.1) is 18.1 Å². The van der Waals surface area contributed by atoms with E-state index in [1.54, 1.807) is 6.07 Å². The molecule has 0 aromatic heterocycles. The fourth-order valence-corrected chi connectivity index (χ4v) is 2.71. The molecule has 1 aromatic carbocycles. The van der Waals surface area contributed by atoms with Gasteiger partial charge in [-0.3, -0.25) is 10.1 Å². The fraction of sp³-hybridized carbons (Fsp3) is 0.600. The van der Waals surface area contributed by atoms with Gasteiger partial charge in [0, 0.05) is 18.7 Å². The zero-order valence-corrected chi connectivity index (χ0v) is 11.9. The fourth-order valence-electron chi connectivity index (χ4n) is 2.71. The standard InChI is InChI=1S/C15H22N2O3/c1-20-15-9-12(8-14(10-15)17(18)19)11-16-13-6-4-2-3-5-7-13/h8-10,13,16H,2-7,11H2,1H3. The van der Waals surface area contributed by atoms with Gasteiger partial charge >= 0.3 is 0 Å². The summed E-state index contributed by atoms with van der Waals surface area (Å²) in [5.41, 5.74) is 0.988. The summed E-state index contributed by atoms with van der Waals surface area (Å²) < 4.78 is 5.13. The van der Waals surface area contributed by atoms with E-state index >= 15 is 0 Å². The maximum absolute atomic E-state index is 10.9. The lowest BCUT2D eigenvalue weighted by Gasteiger charge is -2.16. The van der Waals surface area contributed by atoms with E-state index in [-0.39, 0.29) is 10.6 Å². The van der Waals surface area contributed by atoms with Gasteiger partial charge < -0.3 is 10.1 Å². The molecular weight excluding hydrogens is 256 g/mol. The second-order valence-electron chi connectivity index (χ2n) is 5.37. The highest BCUT2D eigenvalue weighted by Gasteiger charge is 2.14. The van der Waals surface area contributed by atoms with Gasteiger partial charge in [-0.25, -0.2) is 0 Å². The Morgan fingerprint density at radius 3 is 2.55 bits per heavy atom. The van der Waals surface area contributed by atoms with Crippen LogP contribution in [0.25, 0.3) is 0 Å². The molecule has 0 unspecified atom stereocenters. The minimum Gasteiger partial charge on any atom is -0.496 e. The molecule has 110 valence electrons. The van der Waals surface area contributed by atoms with E-state index in [9.17, 15) is 10.1 Å². The predicted octanol–water partition coefficient (Wildman–Crippen LogP) is 3.42. The van der Waals surface area contributed by atoms with E-state index < -0.39 is 0 Å². The lowest BCUT2D eigenvalue weighted by molar-refractivity contribution is -0.385. The Morgan fingerprint density at radius 2 is 1.95 bits per heavy atom. The molecule has 0 spiro atoms. The topological polar surface area (TPSA) is 64.4 Å². The van der Waals surface area contributed by atoms with Gasteiger partial charge in [-0.1, -0.05) is 25.7 Å². The van der Waals surface area contributed by atoms with Crippen LogP contribution in [0.5, 0.6) is 5.75 Å². The molecule has 5 heteroatoms. The van der Waals surface area contributed by atoms with Crippen molar-refractivity contribution in [2.24, 2.45) is 0 Å². The molecule has 0 saturated heterocycles. The first-order valence-electron chi connectivity index (χ1n) is 7.25. The minimum atomic E-state index is -0.377. The highest BCUT2D eigenvalue weighted by atomic mass is 16.6. The summed E-state index contributed by atoms with van der Waals surface area (Å²) in [6.45, 7) is 0.655. The number of nitro benzene ring substituents is 1. The Hall–Kier alpha value is -1.62. The van der Waals surface area contributed by atoms with Crippen LogP contribution < -0.4 is 10.1 Å². The van der Waals surface area contributed by atoms with Crippen molar-refractivity contribution in [2.45, 2.75) is 51.1 Å². The highest BCUT2D eigenvalue weighted by Crippen LogP contribution is 2.23. The zero-order valence-electron chi connectivity index (χ0n) is 11.9. The Kier molecular flexibility index (Phi) is 5.35. The third-order valence-electron chi connectivity index (χ3n) is 3.85. The number of ether oxygens (including phenoxy) is 1. The average molecular weight is 278 g/mol. The first kappa shape index (κ1) is 14.8. The zero-order chi connectivity index (χ0) is 14.4. The van der Waals surface area contributed by atoms with Crippen LogP contribution in [0.15, 0.2) is 18.2 Å². The van der Waals surface area contributed by atoms with Gasteiger partial charge in [0.1, 0.15) is 5.75 Å². The lowest BCUT2D eigenvalue weighted by atomic mass is 10.1. The van der Waals surface area contributed by atoms with Crippen molar-refractivity contribution in [2.75, 3.05) is 7.11 Å². The summed E-state index contributed by atoms with van der Waals surface area (Å²) in [5, 5.41) is 14.4. The summed E-state index contributed by atoms with van der Waals surface area (Å²) in [4.78, 5) is 10.5. The van der Waals surface area contributed by atoms with Gasteiger partial charge in [0.2, 0.25) is 0 Å². The Bertz CT molecular complexity index is 454. The maximum atomic E-state index is 10.9. The quantitative estimate of drug-likeness (QED) is 0.509. The summed E-state index contributed by atoms with van der Waals surface area (Å²) in [6, 6.07) is 5.46. The third-order valence-corrected chi connectivity index (χ3v) is 3.85. The smallest absolute Gasteiger partial charge is 0.273 e. The van der Waals surface area contributed by atoms with Gasteiger partial charge in [0.25, 0.3) is 5.69 Å². The molecule has 0 aliphatic heterocycles. The number of hydrogen-bond acceptors (Lipinski definition) is 4.